The van der Waals surface area contributed by atoms with Crippen molar-refractivity contribution in [3.63, 3.8) is 0 Å². The van der Waals surface area contributed by atoms with E-state index in [9.17, 15) is 4.79 Å². The van der Waals surface area contributed by atoms with Gasteiger partial charge in [0.2, 0.25) is 0 Å². The van der Waals surface area contributed by atoms with Gasteiger partial charge < -0.3 is 5.11 Å². The second-order valence-electron chi connectivity index (χ2n) is 2.13. The minimum Gasteiger partial charge on any atom is -0.481 e. The lowest BCUT2D eigenvalue weighted by Crippen LogP contribution is -2.05. The highest BCUT2D eigenvalue weighted by molar-refractivity contribution is 5.71. The molecule has 0 aliphatic heterocycles. The van der Waals surface area contributed by atoms with E-state index in [1.54, 1.807) is 37.3 Å². The highest BCUT2D eigenvalue weighted by Crippen LogP contribution is 1.96. The van der Waals surface area contributed by atoms with Crippen LogP contribution in [0.1, 0.15) is 6.92 Å². The lowest BCUT2D eigenvalue weighted by Gasteiger charge is -1.94. The second-order valence-corrected chi connectivity index (χ2v) is 2.13. The topological polar surface area (TPSA) is 37.3 Å². The largest absolute Gasteiger partial charge is 0.481 e. The van der Waals surface area contributed by atoms with Crippen molar-refractivity contribution in [2.75, 3.05) is 0 Å². The number of allylic oxidation sites excluding steroid dienone is 4. The van der Waals surface area contributed by atoms with Crippen molar-refractivity contribution in [2.24, 2.45) is 5.92 Å². The Morgan fingerprint density at radius 3 is 2.55 bits per heavy atom. The average molecular weight is 152 g/mol. The summed E-state index contributed by atoms with van der Waals surface area (Å²) in [7, 11) is 0. The van der Waals surface area contributed by atoms with E-state index in [2.05, 4.69) is 6.58 Å². The molecule has 1 N–H and O–H groups in total. The van der Waals surface area contributed by atoms with Crippen LogP contribution in [0.25, 0.3) is 0 Å². The van der Waals surface area contributed by atoms with Gasteiger partial charge in [-0.1, -0.05) is 37.0 Å². The van der Waals surface area contributed by atoms with E-state index in [0.29, 0.717) is 0 Å². The van der Waals surface area contributed by atoms with Crippen LogP contribution in [0.4, 0.5) is 0 Å². The van der Waals surface area contributed by atoms with E-state index in [4.69, 9.17) is 5.11 Å². The summed E-state index contributed by atoms with van der Waals surface area (Å²) in [5, 5.41) is 8.44. The lowest BCUT2D eigenvalue weighted by molar-refractivity contribution is -0.139. The molecule has 60 valence electrons. The normalized spacial score (nSPS) is 13.9. The van der Waals surface area contributed by atoms with Crippen LogP contribution in [0.5, 0.6) is 0 Å². The van der Waals surface area contributed by atoms with E-state index in [1.165, 1.54) is 0 Å². The van der Waals surface area contributed by atoms with Gasteiger partial charge in [-0.25, -0.2) is 0 Å². The van der Waals surface area contributed by atoms with Crippen molar-refractivity contribution in [3.05, 3.63) is 37.0 Å². The highest BCUT2D eigenvalue weighted by Gasteiger charge is 2.03. The van der Waals surface area contributed by atoms with Crippen LogP contribution in [0.3, 0.4) is 0 Å². The van der Waals surface area contributed by atoms with Crippen LogP contribution in [-0.4, -0.2) is 11.1 Å². The molecule has 1 atom stereocenters. The first-order chi connectivity index (χ1) is 5.18. The molecule has 2 heteroatoms. The number of carboxylic acids is 1. The summed E-state index contributed by atoms with van der Waals surface area (Å²) in [5.41, 5.74) is 0. The van der Waals surface area contributed by atoms with Gasteiger partial charge in [0.15, 0.2) is 0 Å². The zero-order chi connectivity index (χ0) is 8.69. The van der Waals surface area contributed by atoms with Gasteiger partial charge in [0.1, 0.15) is 0 Å². The smallest absolute Gasteiger partial charge is 0.310 e. The van der Waals surface area contributed by atoms with E-state index in [1.807, 2.05) is 0 Å². The minimum absolute atomic E-state index is 0.426. The molecule has 0 aromatic rings. The fourth-order valence-corrected chi connectivity index (χ4v) is 0.456. The van der Waals surface area contributed by atoms with Gasteiger partial charge in [-0.2, -0.15) is 0 Å². The van der Waals surface area contributed by atoms with Gasteiger partial charge in [0.25, 0.3) is 0 Å². The summed E-state index contributed by atoms with van der Waals surface area (Å²) in [6.45, 7) is 5.10. The number of carbonyl (C=O) groups is 1. The second kappa shape index (κ2) is 5.47. The Kier molecular flexibility index (Phi) is 4.82. The van der Waals surface area contributed by atoms with Crippen LogP contribution in [0.15, 0.2) is 37.0 Å². The van der Waals surface area contributed by atoms with Crippen molar-refractivity contribution in [1.82, 2.24) is 0 Å². The number of rotatable bonds is 4. The molecule has 0 aromatic heterocycles. The fraction of sp³-hybridized carbons (Fsp3) is 0.222. The van der Waals surface area contributed by atoms with Crippen molar-refractivity contribution < 1.29 is 9.90 Å². The number of carboxylic acid groups (broad SMARTS) is 1. The number of aliphatic carboxylic acids is 1. The summed E-state index contributed by atoms with van der Waals surface area (Å²) in [4.78, 5) is 10.3. The minimum atomic E-state index is -0.812. The molecule has 0 amide bonds. The zero-order valence-electron chi connectivity index (χ0n) is 6.53. The molecule has 0 radical (unpaired) electrons. The molecule has 1 unspecified atom stereocenters. The molecule has 0 spiro atoms. The molecule has 0 saturated carbocycles. The Labute approximate surface area is 66.5 Å². The average Bonchev–Trinajstić information content (AvgIpc) is 1.97. The first-order valence-corrected chi connectivity index (χ1v) is 3.37. The summed E-state index contributed by atoms with van der Waals surface area (Å²) < 4.78 is 0. The highest BCUT2D eigenvalue weighted by atomic mass is 16.4. The van der Waals surface area contributed by atoms with E-state index in [0.717, 1.165) is 0 Å². The predicted octanol–water partition coefficient (Wildman–Crippen LogP) is 2.01. The van der Waals surface area contributed by atoms with Gasteiger partial charge in [0.05, 0.1) is 5.92 Å². The Morgan fingerprint density at radius 1 is 1.45 bits per heavy atom. The Bertz CT molecular complexity index is 190. The summed E-state index contributed by atoms with van der Waals surface area (Å²) in [6.07, 6.45) is 8.43. The van der Waals surface area contributed by atoms with Crippen molar-refractivity contribution in [2.45, 2.75) is 6.92 Å². The Hall–Kier alpha value is -1.31. The van der Waals surface area contributed by atoms with E-state index < -0.39 is 11.9 Å². The Balaban J connectivity index is 3.82. The van der Waals surface area contributed by atoms with Gasteiger partial charge in [-0.05, 0) is 6.92 Å². The standard InChI is InChI=1S/C9H12O2/c1-3-4-5-6-7-8(2)9(10)11/h3-8H,1H2,2H3,(H,10,11)/b5-4-,7-6+. The molecule has 11 heavy (non-hydrogen) atoms. The zero-order valence-corrected chi connectivity index (χ0v) is 6.53. The maximum absolute atomic E-state index is 10.3. The van der Waals surface area contributed by atoms with E-state index in [-0.39, 0.29) is 0 Å². The van der Waals surface area contributed by atoms with Crippen LogP contribution in [-0.2, 0) is 4.79 Å². The first-order valence-electron chi connectivity index (χ1n) is 3.37. The van der Waals surface area contributed by atoms with Gasteiger partial charge in [-0.15, -0.1) is 0 Å². The van der Waals surface area contributed by atoms with Crippen molar-refractivity contribution in [3.8, 4) is 0 Å². The van der Waals surface area contributed by atoms with Gasteiger partial charge in [0, 0.05) is 0 Å². The quantitative estimate of drug-likeness (QED) is 0.625. The van der Waals surface area contributed by atoms with Crippen LogP contribution < -0.4 is 0 Å². The van der Waals surface area contributed by atoms with E-state index >= 15 is 0 Å². The third-order valence-electron chi connectivity index (χ3n) is 1.15. The number of hydrogen-bond acceptors (Lipinski definition) is 1. The Morgan fingerprint density at radius 2 is 2.09 bits per heavy atom. The molecule has 2 nitrogen and oxygen atoms in total. The molecule has 0 saturated heterocycles. The van der Waals surface area contributed by atoms with Crippen LogP contribution in [0, 0.1) is 5.92 Å². The van der Waals surface area contributed by atoms with Gasteiger partial charge >= 0.3 is 5.97 Å². The molecular weight excluding hydrogens is 140 g/mol. The number of hydrogen-bond donors (Lipinski definition) is 1. The predicted molar refractivity (Wildman–Crippen MR) is 45.3 cm³/mol. The molecule has 0 aromatic carbocycles. The molecule has 0 aliphatic rings. The molecule has 0 rings (SSSR count). The third-order valence-corrected chi connectivity index (χ3v) is 1.15. The van der Waals surface area contributed by atoms with Crippen LogP contribution >= 0.6 is 0 Å². The lowest BCUT2D eigenvalue weighted by atomic mass is 10.2. The maximum Gasteiger partial charge on any atom is 0.310 e. The molecule has 0 bridgehead atoms. The molecular formula is C9H12O2. The monoisotopic (exact) mass is 152 g/mol. The third kappa shape index (κ3) is 5.15. The summed E-state index contributed by atoms with van der Waals surface area (Å²) >= 11 is 0. The molecule has 0 aliphatic carbocycles. The summed E-state index contributed by atoms with van der Waals surface area (Å²) in [5.74, 6) is -1.24. The first kappa shape index (κ1) is 9.69. The molecule has 0 heterocycles. The summed E-state index contributed by atoms with van der Waals surface area (Å²) in [6, 6.07) is 0. The van der Waals surface area contributed by atoms with Gasteiger partial charge in [-0.3, -0.25) is 4.79 Å². The van der Waals surface area contributed by atoms with Crippen LogP contribution in [0.2, 0.25) is 0 Å². The van der Waals surface area contributed by atoms with Crippen molar-refractivity contribution in [1.29, 1.82) is 0 Å². The fourth-order valence-electron chi connectivity index (χ4n) is 0.456. The van der Waals surface area contributed by atoms with Crippen molar-refractivity contribution >= 4 is 5.97 Å². The molecule has 0 fully saturated rings. The SMILES string of the molecule is C=C/C=C\C=C\C(C)C(=O)O. The maximum atomic E-state index is 10.3.